The molecule has 0 saturated carbocycles. The number of carbonyl (C=O) groups is 3. The topological polar surface area (TPSA) is 122 Å². The first-order valence-electron chi connectivity index (χ1n) is 11.7. The molecule has 4 atom stereocenters. The van der Waals surface area contributed by atoms with Gasteiger partial charge in [-0.25, -0.2) is 4.79 Å². The Balaban J connectivity index is 1.46. The second kappa shape index (κ2) is 9.85. The van der Waals surface area contributed by atoms with E-state index in [9.17, 15) is 19.5 Å². The average molecular weight is 466 g/mol. The molecule has 2 aromatic rings. The summed E-state index contributed by atoms with van der Waals surface area (Å²) in [6.45, 7) is 3.90. The van der Waals surface area contributed by atoms with Crippen LogP contribution in [0.15, 0.2) is 48.5 Å². The Morgan fingerprint density at radius 3 is 2.26 bits per heavy atom. The van der Waals surface area contributed by atoms with Gasteiger partial charge in [0.15, 0.2) is 0 Å². The second-order valence-electron chi connectivity index (χ2n) is 9.13. The standard InChI is InChI=1S/C26H31N3O5/c1-3-15(2)23(25(32)29-13-16(30)12-22(29)24(27)31)28-26(33)34-14-21-19-10-6-4-8-17(19)18-9-5-7-11-20(18)21/h4-11,15-16,21-23,30H,3,12-14H2,1-2H3,(H2,27,31)(H,28,33)/t15-,16-,22-,23-/m0/s1. The molecule has 4 rings (SSSR count). The number of carbonyl (C=O) groups excluding carboxylic acids is 3. The van der Waals surface area contributed by atoms with Crippen molar-refractivity contribution in [3.05, 3.63) is 59.7 Å². The number of aliphatic hydroxyl groups excluding tert-OH is 1. The van der Waals surface area contributed by atoms with E-state index in [4.69, 9.17) is 10.5 Å². The van der Waals surface area contributed by atoms with E-state index in [1.165, 1.54) is 4.90 Å². The van der Waals surface area contributed by atoms with E-state index in [1.807, 2.05) is 50.2 Å². The first-order valence-corrected chi connectivity index (χ1v) is 11.7. The monoisotopic (exact) mass is 465 g/mol. The summed E-state index contributed by atoms with van der Waals surface area (Å²) in [7, 11) is 0. The van der Waals surface area contributed by atoms with Crippen molar-refractivity contribution in [2.75, 3.05) is 13.2 Å². The molecule has 1 aliphatic carbocycles. The first-order chi connectivity index (χ1) is 16.3. The van der Waals surface area contributed by atoms with Gasteiger partial charge in [0.05, 0.1) is 6.10 Å². The number of amides is 3. The van der Waals surface area contributed by atoms with Gasteiger partial charge in [0.1, 0.15) is 18.7 Å². The van der Waals surface area contributed by atoms with Crippen LogP contribution in [-0.4, -0.2) is 59.3 Å². The zero-order valence-electron chi connectivity index (χ0n) is 19.4. The van der Waals surface area contributed by atoms with Crippen molar-refractivity contribution in [1.82, 2.24) is 10.2 Å². The van der Waals surface area contributed by atoms with Gasteiger partial charge in [-0.05, 0) is 28.2 Å². The van der Waals surface area contributed by atoms with E-state index in [-0.39, 0.29) is 31.4 Å². The van der Waals surface area contributed by atoms with E-state index in [0.717, 1.165) is 22.3 Å². The number of rotatable bonds is 7. The number of hydrogen-bond donors (Lipinski definition) is 3. The summed E-state index contributed by atoms with van der Waals surface area (Å²) in [6.07, 6.45) is -0.805. The average Bonchev–Trinajstić information content (AvgIpc) is 3.38. The summed E-state index contributed by atoms with van der Waals surface area (Å²) in [5.74, 6) is -1.42. The SMILES string of the molecule is CC[C@H](C)[C@H](NC(=O)OCC1c2ccccc2-c2ccccc21)C(=O)N1C[C@@H](O)C[C@H]1C(N)=O. The lowest BCUT2D eigenvalue weighted by atomic mass is 9.97. The lowest BCUT2D eigenvalue weighted by Gasteiger charge is -2.30. The fraction of sp³-hybridized carbons (Fsp3) is 0.423. The highest BCUT2D eigenvalue weighted by molar-refractivity contribution is 5.91. The fourth-order valence-corrected chi connectivity index (χ4v) is 4.96. The molecule has 0 aromatic heterocycles. The molecule has 2 aromatic carbocycles. The van der Waals surface area contributed by atoms with Gasteiger partial charge in [0.2, 0.25) is 11.8 Å². The third kappa shape index (κ3) is 4.50. The molecule has 1 saturated heterocycles. The van der Waals surface area contributed by atoms with Crippen molar-refractivity contribution in [2.45, 2.75) is 50.8 Å². The number of β-amino-alcohol motifs (C(OH)–C–C–N with tert-alkyl or cyclic N) is 1. The summed E-state index contributed by atoms with van der Waals surface area (Å²) in [5.41, 5.74) is 9.89. The summed E-state index contributed by atoms with van der Waals surface area (Å²) in [6, 6.07) is 14.3. The van der Waals surface area contributed by atoms with Crippen molar-refractivity contribution < 1.29 is 24.2 Å². The van der Waals surface area contributed by atoms with Crippen molar-refractivity contribution in [3.63, 3.8) is 0 Å². The van der Waals surface area contributed by atoms with Crippen LogP contribution in [0.25, 0.3) is 11.1 Å². The number of fused-ring (bicyclic) bond motifs is 3. The van der Waals surface area contributed by atoms with Crippen molar-refractivity contribution in [1.29, 1.82) is 0 Å². The molecule has 1 heterocycles. The van der Waals surface area contributed by atoms with E-state index in [0.29, 0.717) is 6.42 Å². The fourth-order valence-electron chi connectivity index (χ4n) is 4.96. The first kappa shape index (κ1) is 23.8. The Morgan fingerprint density at radius 2 is 1.71 bits per heavy atom. The number of likely N-dealkylation sites (tertiary alicyclic amines) is 1. The Hall–Kier alpha value is -3.39. The van der Waals surface area contributed by atoms with E-state index < -0.39 is 36.1 Å². The van der Waals surface area contributed by atoms with Gasteiger partial charge in [0, 0.05) is 18.9 Å². The molecule has 0 radical (unpaired) electrons. The van der Waals surface area contributed by atoms with Crippen molar-refractivity contribution in [3.8, 4) is 11.1 Å². The molecule has 0 spiro atoms. The molecular weight excluding hydrogens is 434 g/mol. The lowest BCUT2D eigenvalue weighted by molar-refractivity contribution is -0.140. The minimum atomic E-state index is -0.896. The normalized spacial score (nSPS) is 20.9. The number of aliphatic hydroxyl groups is 1. The number of ether oxygens (including phenoxy) is 1. The lowest BCUT2D eigenvalue weighted by Crippen LogP contribution is -2.55. The molecule has 2 aliphatic rings. The van der Waals surface area contributed by atoms with Crippen molar-refractivity contribution >= 4 is 17.9 Å². The number of nitrogens with two attached hydrogens (primary N) is 1. The van der Waals surface area contributed by atoms with Gasteiger partial charge in [-0.3, -0.25) is 9.59 Å². The maximum Gasteiger partial charge on any atom is 0.407 e. The van der Waals surface area contributed by atoms with E-state index in [2.05, 4.69) is 17.4 Å². The molecule has 34 heavy (non-hydrogen) atoms. The Kier molecular flexibility index (Phi) is 6.88. The summed E-state index contributed by atoms with van der Waals surface area (Å²) in [5, 5.41) is 12.7. The van der Waals surface area contributed by atoms with Crippen LogP contribution in [0.4, 0.5) is 4.79 Å². The maximum absolute atomic E-state index is 13.3. The number of hydrogen-bond acceptors (Lipinski definition) is 5. The molecule has 1 aliphatic heterocycles. The number of primary amides is 1. The van der Waals surface area contributed by atoms with Gasteiger partial charge in [-0.2, -0.15) is 0 Å². The zero-order valence-corrected chi connectivity index (χ0v) is 19.4. The molecule has 0 bridgehead atoms. The molecule has 8 heteroatoms. The molecule has 0 unspecified atom stereocenters. The summed E-state index contributed by atoms with van der Waals surface area (Å²) < 4.78 is 5.61. The van der Waals surface area contributed by atoms with E-state index in [1.54, 1.807) is 0 Å². The molecule has 3 amide bonds. The highest BCUT2D eigenvalue weighted by Crippen LogP contribution is 2.44. The number of alkyl carbamates (subject to hydrolysis) is 1. The third-order valence-corrected chi connectivity index (χ3v) is 6.99. The Bertz CT molecular complexity index is 1040. The van der Waals surface area contributed by atoms with Crippen LogP contribution in [0.3, 0.4) is 0 Å². The summed E-state index contributed by atoms with van der Waals surface area (Å²) in [4.78, 5) is 39.1. The van der Waals surface area contributed by atoms with Gasteiger partial charge >= 0.3 is 6.09 Å². The number of nitrogens with zero attached hydrogens (tertiary/aromatic N) is 1. The summed E-state index contributed by atoms with van der Waals surface area (Å²) >= 11 is 0. The quantitative estimate of drug-likeness (QED) is 0.580. The van der Waals surface area contributed by atoms with Crippen LogP contribution in [0.1, 0.15) is 43.7 Å². The van der Waals surface area contributed by atoms with Gasteiger partial charge in [-0.15, -0.1) is 0 Å². The Labute approximate surface area is 199 Å². The smallest absolute Gasteiger partial charge is 0.407 e. The van der Waals surface area contributed by atoms with Crippen LogP contribution < -0.4 is 11.1 Å². The molecule has 1 fully saturated rings. The van der Waals surface area contributed by atoms with Crippen LogP contribution >= 0.6 is 0 Å². The molecule has 8 nitrogen and oxygen atoms in total. The number of nitrogens with one attached hydrogen (secondary N) is 1. The highest BCUT2D eigenvalue weighted by Gasteiger charge is 2.42. The van der Waals surface area contributed by atoms with Gasteiger partial charge in [-0.1, -0.05) is 68.8 Å². The van der Waals surface area contributed by atoms with Gasteiger partial charge < -0.3 is 25.8 Å². The zero-order chi connectivity index (χ0) is 24.4. The minimum absolute atomic E-state index is 0.00570. The maximum atomic E-state index is 13.3. The molecule has 180 valence electrons. The highest BCUT2D eigenvalue weighted by atomic mass is 16.5. The number of benzene rings is 2. The largest absolute Gasteiger partial charge is 0.449 e. The minimum Gasteiger partial charge on any atom is -0.449 e. The van der Waals surface area contributed by atoms with Crippen LogP contribution in [0.2, 0.25) is 0 Å². The van der Waals surface area contributed by atoms with Crippen molar-refractivity contribution in [2.24, 2.45) is 11.7 Å². The molecule has 4 N–H and O–H groups in total. The van der Waals surface area contributed by atoms with Crippen LogP contribution in [0.5, 0.6) is 0 Å². The van der Waals surface area contributed by atoms with E-state index >= 15 is 0 Å². The second-order valence-corrected chi connectivity index (χ2v) is 9.13. The van der Waals surface area contributed by atoms with Crippen LogP contribution in [-0.2, 0) is 14.3 Å². The molecular formula is C26H31N3O5. The van der Waals surface area contributed by atoms with Crippen LogP contribution in [0, 0.1) is 5.92 Å². The third-order valence-electron chi connectivity index (χ3n) is 6.99. The Morgan fingerprint density at radius 1 is 1.12 bits per heavy atom. The predicted octanol–water partition coefficient (Wildman–Crippen LogP) is 2.39. The predicted molar refractivity (Wildman–Crippen MR) is 127 cm³/mol. The van der Waals surface area contributed by atoms with Gasteiger partial charge in [0.25, 0.3) is 0 Å².